The number of anilines is 1. The van der Waals surface area contributed by atoms with Crippen molar-refractivity contribution in [2.24, 2.45) is 5.92 Å². The zero-order valence-electron chi connectivity index (χ0n) is 25.4. The van der Waals surface area contributed by atoms with Crippen LogP contribution in [-0.2, 0) is 20.6 Å². The number of carboxylic acid groups (broad SMARTS) is 1. The van der Waals surface area contributed by atoms with Crippen molar-refractivity contribution in [3.8, 4) is 17.6 Å². The van der Waals surface area contributed by atoms with Gasteiger partial charge in [-0.3, -0.25) is 19.2 Å². The Morgan fingerprint density at radius 1 is 1.02 bits per heavy atom. The highest BCUT2D eigenvalue weighted by Crippen LogP contribution is 2.32. The molecular weight excluding hydrogens is 651 g/mol. The number of carbonyl (C=O) groups is 4. The van der Waals surface area contributed by atoms with Crippen LogP contribution < -0.4 is 15.4 Å². The second kappa shape index (κ2) is 14.6. The normalized spacial score (nSPS) is 12.0. The molecule has 0 unspecified atom stereocenters. The number of ether oxygens (including phenoxy) is 1. The summed E-state index contributed by atoms with van der Waals surface area (Å²) in [6.07, 6.45) is -5.29. The van der Waals surface area contributed by atoms with Gasteiger partial charge in [0.25, 0.3) is 5.91 Å². The summed E-state index contributed by atoms with van der Waals surface area (Å²) in [6, 6.07) is 7.63. The number of amides is 2. The summed E-state index contributed by atoms with van der Waals surface area (Å²) in [5, 5.41) is 14.0. The molecule has 0 aromatic heterocycles. The lowest BCUT2D eigenvalue weighted by molar-refractivity contribution is -0.141. The molecular formula is C33H28ClF5N2O6. The van der Waals surface area contributed by atoms with Crippen molar-refractivity contribution in [2.45, 2.75) is 45.8 Å². The number of benzene rings is 3. The maximum atomic E-state index is 15.2. The molecule has 0 fully saturated rings. The van der Waals surface area contributed by atoms with E-state index in [9.17, 15) is 36.7 Å². The summed E-state index contributed by atoms with van der Waals surface area (Å²) in [5.74, 6) is -1.23. The molecule has 3 aromatic carbocycles. The van der Waals surface area contributed by atoms with Crippen LogP contribution in [0, 0.1) is 36.3 Å². The van der Waals surface area contributed by atoms with Crippen molar-refractivity contribution in [3.05, 3.63) is 93.0 Å². The maximum absolute atomic E-state index is 15.2. The van der Waals surface area contributed by atoms with Crippen molar-refractivity contribution in [1.29, 1.82) is 0 Å². The van der Waals surface area contributed by atoms with E-state index >= 15 is 4.39 Å². The average Bonchev–Trinajstić information content (AvgIpc) is 2.96. The molecule has 0 bridgehead atoms. The van der Waals surface area contributed by atoms with Gasteiger partial charge in [0, 0.05) is 27.8 Å². The molecule has 2 amide bonds. The average molecular weight is 679 g/mol. The number of carbonyl (C=O) groups excluding carboxylic acids is 3. The third kappa shape index (κ3) is 10.0. The minimum Gasteiger partial charge on any atom is -0.483 e. The quantitative estimate of drug-likeness (QED) is 0.127. The van der Waals surface area contributed by atoms with E-state index in [1.165, 1.54) is 38.1 Å². The number of rotatable bonds is 10. The van der Waals surface area contributed by atoms with Gasteiger partial charge >= 0.3 is 12.1 Å². The summed E-state index contributed by atoms with van der Waals surface area (Å²) in [6.45, 7) is 5.23. The lowest BCUT2D eigenvalue weighted by Gasteiger charge is -2.22. The summed E-state index contributed by atoms with van der Waals surface area (Å²) in [5.41, 5.74) is -3.44. The SMILES string of the molecule is Cc1c(NC(=O)COc2ccc(Cl)cc2C(=O)c2cc(F)cc(C(F)(F)F)c2)ccc(C#CC(C)(C)NC(=O)[C@@H](C)CC(=O)O)c1F. The molecule has 0 spiro atoms. The molecule has 0 saturated carbocycles. The van der Waals surface area contributed by atoms with Crippen LogP contribution in [0.1, 0.15) is 59.8 Å². The number of hydrogen-bond acceptors (Lipinski definition) is 5. The van der Waals surface area contributed by atoms with Crippen LogP contribution in [0.3, 0.4) is 0 Å². The Morgan fingerprint density at radius 3 is 2.34 bits per heavy atom. The van der Waals surface area contributed by atoms with E-state index in [0.29, 0.717) is 12.1 Å². The van der Waals surface area contributed by atoms with Crippen molar-refractivity contribution < 1.29 is 51.0 Å². The molecule has 0 saturated heterocycles. The minimum atomic E-state index is -4.91. The second-order valence-corrected chi connectivity index (χ2v) is 11.4. The minimum absolute atomic E-state index is 0.0102. The first-order valence-electron chi connectivity index (χ1n) is 13.8. The molecule has 3 N–H and O–H groups in total. The smallest absolute Gasteiger partial charge is 0.416 e. The highest BCUT2D eigenvalue weighted by atomic mass is 35.5. The molecule has 47 heavy (non-hydrogen) atoms. The second-order valence-electron chi connectivity index (χ2n) is 11.0. The Morgan fingerprint density at radius 2 is 1.70 bits per heavy atom. The predicted molar refractivity (Wildman–Crippen MR) is 162 cm³/mol. The number of nitrogens with one attached hydrogen (secondary N) is 2. The first kappa shape index (κ1) is 36.5. The van der Waals surface area contributed by atoms with E-state index in [2.05, 4.69) is 22.5 Å². The van der Waals surface area contributed by atoms with Crippen LogP contribution in [0.2, 0.25) is 5.02 Å². The van der Waals surface area contributed by atoms with Gasteiger partial charge in [-0.1, -0.05) is 30.4 Å². The van der Waals surface area contributed by atoms with Crippen LogP contribution >= 0.6 is 11.6 Å². The third-order valence-electron chi connectivity index (χ3n) is 6.57. The molecule has 0 aliphatic carbocycles. The first-order chi connectivity index (χ1) is 21.8. The number of alkyl halides is 3. The molecule has 248 valence electrons. The fourth-order valence-electron chi connectivity index (χ4n) is 4.13. The van der Waals surface area contributed by atoms with Crippen molar-refractivity contribution in [3.63, 3.8) is 0 Å². The van der Waals surface area contributed by atoms with Gasteiger partial charge in [0.05, 0.1) is 28.7 Å². The fourth-order valence-corrected chi connectivity index (χ4v) is 4.30. The monoisotopic (exact) mass is 678 g/mol. The van der Waals surface area contributed by atoms with Gasteiger partial charge in [-0.15, -0.1) is 0 Å². The molecule has 0 aliphatic rings. The lowest BCUT2D eigenvalue weighted by atomic mass is 10.00. The Balaban J connectivity index is 1.73. The third-order valence-corrected chi connectivity index (χ3v) is 6.80. The topological polar surface area (TPSA) is 122 Å². The van der Waals surface area contributed by atoms with E-state index in [1.807, 2.05) is 0 Å². The zero-order valence-corrected chi connectivity index (χ0v) is 26.1. The van der Waals surface area contributed by atoms with E-state index in [-0.39, 0.29) is 45.6 Å². The molecule has 3 aromatic rings. The first-order valence-corrected chi connectivity index (χ1v) is 14.2. The van der Waals surface area contributed by atoms with E-state index < -0.39 is 70.6 Å². The van der Waals surface area contributed by atoms with Crippen LogP contribution in [0.15, 0.2) is 48.5 Å². The highest BCUT2D eigenvalue weighted by Gasteiger charge is 2.32. The number of carboxylic acids is 1. The van der Waals surface area contributed by atoms with Gasteiger partial charge in [0.2, 0.25) is 5.91 Å². The van der Waals surface area contributed by atoms with Gasteiger partial charge in [0.1, 0.15) is 17.4 Å². The summed E-state index contributed by atoms with van der Waals surface area (Å²) in [4.78, 5) is 48.9. The Hall–Kier alpha value is -4.96. The molecule has 14 heteroatoms. The van der Waals surface area contributed by atoms with Gasteiger partial charge in [-0.2, -0.15) is 13.2 Å². The lowest BCUT2D eigenvalue weighted by Crippen LogP contribution is -2.45. The largest absolute Gasteiger partial charge is 0.483 e. The number of ketones is 1. The van der Waals surface area contributed by atoms with Gasteiger partial charge < -0.3 is 20.5 Å². The Labute approximate surface area is 271 Å². The zero-order chi connectivity index (χ0) is 35.3. The molecule has 3 rings (SSSR count). The summed E-state index contributed by atoms with van der Waals surface area (Å²) in [7, 11) is 0. The van der Waals surface area contributed by atoms with Gasteiger partial charge in [0.15, 0.2) is 12.4 Å². The van der Waals surface area contributed by atoms with Crippen LogP contribution in [0.25, 0.3) is 0 Å². The van der Waals surface area contributed by atoms with Crippen LogP contribution in [-0.4, -0.2) is 40.8 Å². The molecule has 0 heterocycles. The maximum Gasteiger partial charge on any atom is 0.416 e. The molecule has 0 aliphatic heterocycles. The summed E-state index contributed by atoms with van der Waals surface area (Å²) >= 11 is 5.97. The predicted octanol–water partition coefficient (Wildman–Crippen LogP) is 6.55. The van der Waals surface area contributed by atoms with E-state index in [0.717, 1.165) is 6.07 Å². The van der Waals surface area contributed by atoms with Crippen molar-refractivity contribution in [2.75, 3.05) is 11.9 Å². The number of halogens is 6. The van der Waals surface area contributed by atoms with Gasteiger partial charge in [-0.25, -0.2) is 8.78 Å². The van der Waals surface area contributed by atoms with Crippen molar-refractivity contribution >= 4 is 40.9 Å². The van der Waals surface area contributed by atoms with E-state index in [1.54, 1.807) is 13.8 Å². The van der Waals surface area contributed by atoms with E-state index in [4.69, 9.17) is 21.4 Å². The Kier molecular flexibility index (Phi) is 11.4. The van der Waals surface area contributed by atoms with Crippen molar-refractivity contribution in [1.82, 2.24) is 5.32 Å². The Bertz CT molecular complexity index is 1800. The number of hydrogen-bond donors (Lipinski definition) is 3. The van der Waals surface area contributed by atoms with Crippen LogP contribution in [0.5, 0.6) is 5.75 Å². The molecule has 8 nitrogen and oxygen atoms in total. The highest BCUT2D eigenvalue weighted by molar-refractivity contribution is 6.31. The van der Waals surface area contributed by atoms with Gasteiger partial charge in [-0.05, 0) is 69.3 Å². The number of aliphatic carboxylic acids is 1. The fraction of sp³-hybridized carbons (Fsp3) is 0.273. The molecule has 0 radical (unpaired) electrons. The van der Waals surface area contributed by atoms with Crippen LogP contribution in [0.4, 0.5) is 27.6 Å². The standard InChI is InChI=1S/C33H28ClF5N2O6/c1-17(11-28(43)44)31(46)41-32(3,4)10-9-19-5-7-25(18(2)29(19)36)40-27(42)16-47-26-8-6-22(34)15-24(26)30(45)20-12-21(33(37,38)39)14-23(35)13-20/h5-8,12-15,17H,11,16H2,1-4H3,(H,40,42)(H,41,46)(H,43,44)/t17-/m0/s1. The summed E-state index contributed by atoms with van der Waals surface area (Å²) < 4.78 is 74.1. The molecule has 1 atom stereocenters.